The van der Waals surface area contributed by atoms with Gasteiger partial charge in [-0.25, -0.2) is 0 Å². The average Bonchev–Trinajstić information content (AvgIpc) is 3.20. The summed E-state index contributed by atoms with van der Waals surface area (Å²) in [6.07, 6.45) is 0. The minimum absolute atomic E-state index is 0.420. The van der Waals surface area contributed by atoms with Crippen LogP contribution in [0.25, 0.3) is 33.4 Å². The van der Waals surface area contributed by atoms with Crippen LogP contribution in [0.3, 0.4) is 0 Å². The molecule has 0 aliphatic heterocycles. The van der Waals surface area contributed by atoms with E-state index >= 15 is 0 Å². The van der Waals surface area contributed by atoms with Crippen molar-refractivity contribution in [3.05, 3.63) is 218 Å². The molecular formula is C48H36N2. The van der Waals surface area contributed by atoms with Crippen molar-refractivity contribution < 1.29 is 1.37 Å². The number of para-hydroxylation sites is 2. The molecule has 0 aliphatic rings. The molecule has 0 bridgehead atoms. The lowest BCUT2D eigenvalue weighted by Gasteiger charge is -2.33. The van der Waals surface area contributed by atoms with Gasteiger partial charge in [-0.3, -0.25) is 0 Å². The molecule has 0 fully saturated rings. The van der Waals surface area contributed by atoms with Gasteiger partial charge in [0.05, 0.1) is 12.7 Å². The molecule has 0 aromatic heterocycles. The molecule has 0 saturated heterocycles. The zero-order chi connectivity index (χ0) is 34.4. The van der Waals surface area contributed by atoms with Gasteiger partial charge in [-0.15, -0.1) is 0 Å². The average molecular weight is 642 g/mol. The van der Waals surface area contributed by atoms with Crippen molar-refractivity contribution in [1.29, 1.82) is 0 Å². The predicted octanol–water partition coefficient (Wildman–Crippen LogP) is 13.6. The number of hydrogen-bond acceptors (Lipinski definition) is 2. The van der Waals surface area contributed by atoms with Crippen molar-refractivity contribution in [3.8, 4) is 33.4 Å². The Hall–Kier alpha value is -6.64. The molecule has 0 unspecified atom stereocenters. The van der Waals surface area contributed by atoms with E-state index in [0.717, 1.165) is 56.4 Å². The van der Waals surface area contributed by atoms with Crippen LogP contribution in [0, 0.1) is 0 Å². The molecule has 0 saturated carbocycles. The van der Waals surface area contributed by atoms with Gasteiger partial charge in [0.1, 0.15) is 0 Å². The summed E-state index contributed by atoms with van der Waals surface area (Å²) < 4.78 is 9.31. The predicted molar refractivity (Wildman–Crippen MR) is 212 cm³/mol. The molecular weight excluding hydrogens is 605 g/mol. The summed E-state index contributed by atoms with van der Waals surface area (Å²) in [5.74, 6) is 0. The summed E-state index contributed by atoms with van der Waals surface area (Å²) in [6.45, 7) is 0. The third-order valence-corrected chi connectivity index (χ3v) is 8.99. The van der Waals surface area contributed by atoms with Crippen molar-refractivity contribution >= 4 is 34.1 Å². The number of hydrogen-bond donors (Lipinski definition) is 0. The van der Waals surface area contributed by atoms with E-state index in [-0.39, 0.29) is 0 Å². The van der Waals surface area contributed by atoms with Crippen molar-refractivity contribution in [3.63, 3.8) is 0 Å². The fourth-order valence-corrected chi connectivity index (χ4v) is 6.60. The van der Waals surface area contributed by atoms with Crippen LogP contribution in [-0.4, -0.2) is 0 Å². The highest BCUT2D eigenvalue weighted by molar-refractivity contribution is 5.98. The molecule has 0 N–H and O–H groups in total. The van der Waals surface area contributed by atoms with Gasteiger partial charge in [0.25, 0.3) is 0 Å². The van der Waals surface area contributed by atoms with Gasteiger partial charge in [-0.1, -0.05) is 158 Å². The van der Waals surface area contributed by atoms with Crippen LogP contribution in [0.15, 0.2) is 218 Å². The topological polar surface area (TPSA) is 6.48 Å². The molecule has 0 radical (unpaired) electrons. The minimum Gasteiger partial charge on any atom is -0.310 e. The largest absolute Gasteiger partial charge is 0.310 e. The van der Waals surface area contributed by atoms with E-state index in [0.29, 0.717) is 6.04 Å². The standard InChI is InChI=1S/C48H36N2/c1-6-17-37(18-7-1)39-29-33-44(34-30-39)49(42-23-12-4-13-24-42)46-27-16-28-47(48(46)41-21-10-3-11-22-41)50(43-25-14-5-15-26-43)45-35-31-40(32-36-45)38-19-8-2-9-20-38/h1-36H/i16D. The van der Waals surface area contributed by atoms with Gasteiger partial charge in [-0.05, 0) is 88.5 Å². The molecule has 0 aliphatic carbocycles. The summed E-state index contributed by atoms with van der Waals surface area (Å²) in [5.41, 5.74) is 12.6. The first kappa shape index (κ1) is 29.5. The highest BCUT2D eigenvalue weighted by atomic mass is 15.2. The first-order valence-electron chi connectivity index (χ1n) is 17.4. The molecule has 2 heteroatoms. The number of benzene rings is 8. The maximum atomic E-state index is 9.31. The molecule has 0 spiro atoms. The summed E-state index contributed by atoms with van der Waals surface area (Å²) >= 11 is 0. The van der Waals surface area contributed by atoms with Crippen molar-refractivity contribution in [2.24, 2.45) is 0 Å². The fourth-order valence-electron chi connectivity index (χ4n) is 6.60. The maximum absolute atomic E-state index is 9.31. The summed E-state index contributed by atoms with van der Waals surface area (Å²) in [7, 11) is 0. The second-order valence-corrected chi connectivity index (χ2v) is 12.1. The third-order valence-electron chi connectivity index (χ3n) is 8.99. The van der Waals surface area contributed by atoms with Gasteiger partial charge in [0, 0.05) is 28.3 Å². The molecule has 8 aromatic rings. The Bertz CT molecular complexity index is 2180. The highest BCUT2D eigenvalue weighted by Crippen LogP contribution is 2.48. The zero-order valence-electron chi connectivity index (χ0n) is 28.6. The molecule has 50 heavy (non-hydrogen) atoms. The Morgan fingerprint density at radius 3 is 0.900 bits per heavy atom. The Kier molecular flexibility index (Phi) is 8.39. The highest BCUT2D eigenvalue weighted by Gasteiger charge is 2.24. The van der Waals surface area contributed by atoms with Gasteiger partial charge in [0.2, 0.25) is 0 Å². The van der Waals surface area contributed by atoms with E-state index in [9.17, 15) is 1.37 Å². The van der Waals surface area contributed by atoms with Crippen molar-refractivity contribution in [2.45, 2.75) is 0 Å². The molecule has 8 aromatic carbocycles. The second-order valence-electron chi connectivity index (χ2n) is 12.1. The molecule has 0 heterocycles. The Morgan fingerprint density at radius 1 is 0.260 bits per heavy atom. The monoisotopic (exact) mass is 641 g/mol. The Morgan fingerprint density at radius 2 is 0.540 bits per heavy atom. The van der Waals surface area contributed by atoms with Gasteiger partial charge >= 0.3 is 0 Å². The SMILES string of the molecule is [2H]c1cc(N(c2ccccc2)c2ccc(-c3ccccc3)cc2)c(-c2ccccc2)c(N(c2ccccc2)c2ccc(-c3ccccc3)cc2)c1. The van der Waals surface area contributed by atoms with E-state index in [4.69, 9.17) is 0 Å². The van der Waals surface area contributed by atoms with Crippen LogP contribution in [0.4, 0.5) is 34.1 Å². The lowest BCUT2D eigenvalue weighted by atomic mass is 9.97. The van der Waals surface area contributed by atoms with Gasteiger partial charge in [-0.2, -0.15) is 0 Å². The fraction of sp³-hybridized carbons (Fsp3) is 0. The van der Waals surface area contributed by atoms with E-state index in [1.165, 1.54) is 11.1 Å². The molecule has 2 nitrogen and oxygen atoms in total. The van der Waals surface area contributed by atoms with E-state index in [1.807, 2.05) is 36.4 Å². The lowest BCUT2D eigenvalue weighted by molar-refractivity contribution is 1.25. The first-order valence-corrected chi connectivity index (χ1v) is 16.9. The Labute approximate surface area is 296 Å². The van der Waals surface area contributed by atoms with Crippen LogP contribution in [0.1, 0.15) is 1.37 Å². The first-order chi connectivity index (χ1) is 25.2. The maximum Gasteiger partial charge on any atom is 0.0624 e. The van der Waals surface area contributed by atoms with E-state index in [1.54, 1.807) is 0 Å². The summed E-state index contributed by atoms with van der Waals surface area (Å²) in [5, 5.41) is 0. The smallest absolute Gasteiger partial charge is 0.0624 e. The Balaban J connectivity index is 1.36. The van der Waals surface area contributed by atoms with Crippen LogP contribution in [-0.2, 0) is 0 Å². The van der Waals surface area contributed by atoms with Crippen LogP contribution < -0.4 is 9.80 Å². The van der Waals surface area contributed by atoms with E-state index < -0.39 is 0 Å². The quantitative estimate of drug-likeness (QED) is 0.155. The summed E-state index contributed by atoms with van der Waals surface area (Å²) in [4.78, 5) is 4.56. The third kappa shape index (κ3) is 6.31. The summed E-state index contributed by atoms with van der Waals surface area (Å²) in [6, 6.07) is 74.2. The van der Waals surface area contributed by atoms with Crippen molar-refractivity contribution in [2.75, 3.05) is 9.80 Å². The molecule has 0 atom stereocenters. The number of anilines is 6. The van der Waals surface area contributed by atoms with Gasteiger partial charge < -0.3 is 9.80 Å². The minimum atomic E-state index is 0.420. The molecule has 238 valence electrons. The van der Waals surface area contributed by atoms with Crippen LogP contribution in [0.2, 0.25) is 0 Å². The van der Waals surface area contributed by atoms with Crippen molar-refractivity contribution in [1.82, 2.24) is 0 Å². The zero-order valence-corrected chi connectivity index (χ0v) is 27.6. The van der Waals surface area contributed by atoms with Gasteiger partial charge in [0.15, 0.2) is 0 Å². The van der Waals surface area contributed by atoms with Crippen LogP contribution >= 0.6 is 0 Å². The number of rotatable bonds is 9. The molecule has 0 amide bonds. The normalized spacial score (nSPS) is 11.1. The molecule has 8 rings (SSSR count). The van der Waals surface area contributed by atoms with Crippen LogP contribution in [0.5, 0.6) is 0 Å². The second kappa shape index (κ2) is 14.2. The van der Waals surface area contributed by atoms with E-state index in [2.05, 4.69) is 186 Å². The lowest BCUT2D eigenvalue weighted by Crippen LogP contribution is -2.15. The number of nitrogens with zero attached hydrogens (tertiary/aromatic N) is 2.